The predicted molar refractivity (Wildman–Crippen MR) is 81.0 cm³/mol. The number of benzene rings is 1. The minimum absolute atomic E-state index is 0.661. The van der Waals surface area contributed by atoms with E-state index in [0.29, 0.717) is 19.0 Å². The Balaban J connectivity index is 2.37. The number of hydrogen-bond acceptors (Lipinski definition) is 3. The fourth-order valence-electron chi connectivity index (χ4n) is 2.04. The van der Waals surface area contributed by atoms with Crippen LogP contribution < -0.4 is 5.73 Å². The molecule has 4 nitrogen and oxygen atoms in total. The molecule has 102 valence electrons. The molecule has 0 bridgehead atoms. The van der Waals surface area contributed by atoms with Crippen molar-refractivity contribution in [1.82, 2.24) is 9.78 Å². The van der Waals surface area contributed by atoms with Gasteiger partial charge in [0.15, 0.2) is 0 Å². The van der Waals surface area contributed by atoms with Gasteiger partial charge < -0.3 is 10.5 Å². The highest BCUT2D eigenvalue weighted by atomic mass is 79.9. The summed E-state index contributed by atoms with van der Waals surface area (Å²) in [6, 6.07) is 8.09. The van der Waals surface area contributed by atoms with E-state index in [2.05, 4.69) is 27.1 Å². The topological polar surface area (TPSA) is 53.1 Å². The Bertz CT molecular complexity index is 566. The molecule has 2 N–H and O–H groups in total. The van der Waals surface area contributed by atoms with Gasteiger partial charge in [-0.2, -0.15) is 5.10 Å². The average molecular weight is 324 g/mol. The molecule has 19 heavy (non-hydrogen) atoms. The van der Waals surface area contributed by atoms with Gasteiger partial charge in [0.05, 0.1) is 12.3 Å². The van der Waals surface area contributed by atoms with Crippen molar-refractivity contribution >= 4 is 21.7 Å². The van der Waals surface area contributed by atoms with Crippen LogP contribution in [0.15, 0.2) is 28.7 Å². The predicted octanol–water partition coefficient (Wildman–Crippen LogP) is 3.01. The maximum absolute atomic E-state index is 6.13. The summed E-state index contributed by atoms with van der Waals surface area (Å²) in [5, 5.41) is 4.48. The highest BCUT2D eigenvalue weighted by Crippen LogP contribution is 2.31. The van der Waals surface area contributed by atoms with Crippen molar-refractivity contribution in [3.05, 3.63) is 34.4 Å². The number of nitrogens with two attached hydrogens (primary N) is 1. The summed E-state index contributed by atoms with van der Waals surface area (Å²) in [6.45, 7) is 3.37. The summed E-state index contributed by atoms with van der Waals surface area (Å²) in [5.41, 5.74) is 9.19. The third-order valence-corrected chi connectivity index (χ3v) is 3.46. The molecule has 0 radical (unpaired) electrons. The lowest BCUT2D eigenvalue weighted by molar-refractivity contribution is 0.150. The van der Waals surface area contributed by atoms with Crippen molar-refractivity contribution in [2.24, 2.45) is 7.05 Å². The first-order valence-electron chi connectivity index (χ1n) is 6.28. The fraction of sp³-hybridized carbons (Fsp3) is 0.357. The zero-order valence-electron chi connectivity index (χ0n) is 11.2. The van der Waals surface area contributed by atoms with Gasteiger partial charge in [0.25, 0.3) is 0 Å². The zero-order valence-corrected chi connectivity index (χ0v) is 12.8. The van der Waals surface area contributed by atoms with Gasteiger partial charge in [0.2, 0.25) is 0 Å². The molecule has 1 aromatic heterocycles. The van der Waals surface area contributed by atoms with E-state index >= 15 is 0 Å². The molecule has 2 rings (SSSR count). The molecule has 0 atom stereocenters. The van der Waals surface area contributed by atoms with Crippen molar-refractivity contribution in [2.45, 2.75) is 13.3 Å². The Hall–Kier alpha value is -1.33. The van der Waals surface area contributed by atoms with Crippen molar-refractivity contribution in [2.75, 3.05) is 18.9 Å². The molecule has 0 saturated carbocycles. The fourth-order valence-corrected chi connectivity index (χ4v) is 2.44. The normalized spacial score (nSPS) is 10.9. The van der Waals surface area contributed by atoms with Gasteiger partial charge in [-0.1, -0.05) is 28.1 Å². The van der Waals surface area contributed by atoms with E-state index in [1.165, 1.54) is 0 Å². The van der Waals surface area contributed by atoms with E-state index in [0.717, 1.165) is 27.7 Å². The monoisotopic (exact) mass is 323 g/mol. The Morgan fingerprint density at radius 1 is 1.42 bits per heavy atom. The number of aromatic nitrogens is 2. The summed E-state index contributed by atoms with van der Waals surface area (Å²) >= 11 is 3.49. The number of ether oxygens (including phenoxy) is 1. The van der Waals surface area contributed by atoms with Crippen LogP contribution in [0.1, 0.15) is 12.6 Å². The van der Waals surface area contributed by atoms with Crippen LogP contribution in [0.2, 0.25) is 0 Å². The van der Waals surface area contributed by atoms with Crippen LogP contribution in [-0.4, -0.2) is 23.0 Å². The molecule has 1 aromatic carbocycles. The molecular formula is C14H18BrN3O. The van der Waals surface area contributed by atoms with Crippen LogP contribution in [0.5, 0.6) is 0 Å². The Morgan fingerprint density at radius 3 is 2.89 bits per heavy atom. The quantitative estimate of drug-likeness (QED) is 0.860. The average Bonchev–Trinajstić information content (AvgIpc) is 2.65. The highest BCUT2D eigenvalue weighted by Gasteiger charge is 2.15. The second-order valence-electron chi connectivity index (χ2n) is 4.29. The van der Waals surface area contributed by atoms with Crippen LogP contribution in [0.3, 0.4) is 0 Å². The lowest BCUT2D eigenvalue weighted by atomic mass is 10.0. The number of nitrogens with zero attached hydrogens (tertiary/aromatic N) is 2. The number of anilines is 1. The van der Waals surface area contributed by atoms with Gasteiger partial charge in [0.1, 0.15) is 5.82 Å². The Morgan fingerprint density at radius 2 is 2.21 bits per heavy atom. The molecule has 0 amide bonds. The first-order chi connectivity index (χ1) is 9.13. The van der Waals surface area contributed by atoms with Gasteiger partial charge in [-0.05, 0) is 24.6 Å². The van der Waals surface area contributed by atoms with Gasteiger partial charge in [-0.25, -0.2) is 0 Å². The number of aryl methyl sites for hydroxylation is 1. The molecule has 0 spiro atoms. The molecule has 5 heteroatoms. The van der Waals surface area contributed by atoms with Crippen molar-refractivity contribution in [1.29, 1.82) is 0 Å². The summed E-state index contributed by atoms with van der Waals surface area (Å²) in [7, 11) is 1.86. The van der Waals surface area contributed by atoms with Crippen LogP contribution in [0, 0.1) is 0 Å². The standard InChI is InChI=1S/C14H18BrN3O/c1-3-19-8-7-12-13(14(16)18(2)17-12)10-5-4-6-11(15)9-10/h4-6,9H,3,7-8,16H2,1-2H3. The molecule has 0 aliphatic rings. The van der Waals surface area contributed by atoms with Crippen LogP contribution in [-0.2, 0) is 18.2 Å². The van der Waals surface area contributed by atoms with Crippen molar-refractivity contribution in [3.8, 4) is 11.1 Å². The maximum Gasteiger partial charge on any atom is 0.129 e. The van der Waals surface area contributed by atoms with Gasteiger partial charge >= 0.3 is 0 Å². The molecule has 0 saturated heterocycles. The minimum Gasteiger partial charge on any atom is -0.383 e. The second kappa shape index (κ2) is 6.21. The second-order valence-corrected chi connectivity index (χ2v) is 5.20. The molecular weight excluding hydrogens is 306 g/mol. The largest absolute Gasteiger partial charge is 0.383 e. The molecule has 0 aliphatic carbocycles. The van der Waals surface area contributed by atoms with E-state index in [-0.39, 0.29) is 0 Å². The van der Waals surface area contributed by atoms with Crippen molar-refractivity contribution in [3.63, 3.8) is 0 Å². The third kappa shape index (κ3) is 3.16. The molecule has 2 aromatic rings. The molecule has 0 unspecified atom stereocenters. The van der Waals surface area contributed by atoms with E-state index in [1.54, 1.807) is 4.68 Å². The minimum atomic E-state index is 0.661. The van der Waals surface area contributed by atoms with Gasteiger partial charge in [0, 0.05) is 30.1 Å². The van der Waals surface area contributed by atoms with Gasteiger partial charge in [-0.3, -0.25) is 4.68 Å². The lowest BCUT2D eigenvalue weighted by Crippen LogP contribution is -2.00. The first kappa shape index (κ1) is 14.1. The Kier molecular flexibility index (Phi) is 4.61. The van der Waals surface area contributed by atoms with Gasteiger partial charge in [-0.15, -0.1) is 0 Å². The summed E-state index contributed by atoms with van der Waals surface area (Å²) in [4.78, 5) is 0. The van der Waals surface area contributed by atoms with E-state index in [9.17, 15) is 0 Å². The Labute approximate surface area is 121 Å². The number of rotatable bonds is 5. The summed E-state index contributed by atoms with van der Waals surface area (Å²) in [6.07, 6.45) is 0.765. The summed E-state index contributed by atoms with van der Waals surface area (Å²) < 4.78 is 8.15. The van der Waals surface area contributed by atoms with E-state index < -0.39 is 0 Å². The third-order valence-electron chi connectivity index (χ3n) is 2.96. The first-order valence-corrected chi connectivity index (χ1v) is 7.07. The zero-order chi connectivity index (χ0) is 13.8. The lowest BCUT2D eigenvalue weighted by Gasteiger charge is -2.05. The SMILES string of the molecule is CCOCCc1nn(C)c(N)c1-c1cccc(Br)c1. The van der Waals surface area contributed by atoms with E-state index in [1.807, 2.05) is 32.2 Å². The van der Waals surface area contributed by atoms with E-state index in [4.69, 9.17) is 10.5 Å². The molecule has 1 heterocycles. The summed E-state index contributed by atoms with van der Waals surface area (Å²) in [5.74, 6) is 0.685. The van der Waals surface area contributed by atoms with Crippen LogP contribution >= 0.6 is 15.9 Å². The molecule has 0 fully saturated rings. The number of hydrogen-bond donors (Lipinski definition) is 1. The number of halogens is 1. The van der Waals surface area contributed by atoms with Crippen LogP contribution in [0.25, 0.3) is 11.1 Å². The molecule has 0 aliphatic heterocycles. The smallest absolute Gasteiger partial charge is 0.129 e. The van der Waals surface area contributed by atoms with Crippen LogP contribution in [0.4, 0.5) is 5.82 Å². The highest BCUT2D eigenvalue weighted by molar-refractivity contribution is 9.10. The number of nitrogen functional groups attached to an aromatic ring is 1. The van der Waals surface area contributed by atoms with Crippen molar-refractivity contribution < 1.29 is 4.74 Å². The maximum atomic E-state index is 6.13.